The van der Waals surface area contributed by atoms with E-state index >= 15 is 0 Å². The van der Waals surface area contributed by atoms with Gasteiger partial charge in [0.05, 0.1) is 5.75 Å². The monoisotopic (exact) mass is 406 g/mol. The molecule has 1 heterocycles. The number of likely N-dealkylation sites (N-methyl/N-ethyl adjacent to an activating group) is 1. The van der Waals surface area contributed by atoms with Gasteiger partial charge in [-0.15, -0.1) is 0 Å². The number of sulfonamides is 1. The molecular weight excluding hydrogens is 384 g/mol. The molecule has 0 fully saturated rings. The Morgan fingerprint density at radius 2 is 1.78 bits per heavy atom. The third kappa shape index (κ3) is 4.34. The molecule has 5 nitrogen and oxygen atoms in total. The summed E-state index contributed by atoms with van der Waals surface area (Å²) in [6.07, 6.45) is 0.388. The van der Waals surface area contributed by atoms with E-state index in [9.17, 15) is 13.2 Å². The van der Waals surface area contributed by atoms with Gasteiger partial charge in [-0.25, -0.2) is 8.42 Å². The van der Waals surface area contributed by atoms with Crippen LogP contribution < -0.4 is 0 Å². The maximum absolute atomic E-state index is 13.1. The molecule has 2 aromatic carbocycles. The summed E-state index contributed by atoms with van der Waals surface area (Å²) in [5.74, 6) is -0.226. The van der Waals surface area contributed by atoms with E-state index in [0.29, 0.717) is 18.0 Å². The molecule has 144 valence electrons. The SMILES string of the molecule is CCS(=O)(=O)N1Cc2ccccc2CC1C(=O)N(C)Cc1ccc(Cl)cc1. The van der Waals surface area contributed by atoms with E-state index in [1.807, 2.05) is 36.4 Å². The summed E-state index contributed by atoms with van der Waals surface area (Å²) in [4.78, 5) is 14.7. The zero-order valence-corrected chi connectivity index (χ0v) is 17.0. The first kappa shape index (κ1) is 19.9. The molecule has 1 aliphatic heterocycles. The fourth-order valence-corrected chi connectivity index (χ4v) is 4.71. The number of fused-ring (bicyclic) bond motifs is 1. The quantitative estimate of drug-likeness (QED) is 0.766. The lowest BCUT2D eigenvalue weighted by molar-refractivity contribution is -0.135. The average Bonchev–Trinajstić information content (AvgIpc) is 2.68. The minimum atomic E-state index is -3.50. The Morgan fingerprint density at radius 1 is 1.15 bits per heavy atom. The van der Waals surface area contributed by atoms with Crippen molar-refractivity contribution in [3.8, 4) is 0 Å². The second kappa shape index (κ2) is 8.00. The summed E-state index contributed by atoms with van der Waals surface area (Å²) in [6, 6.07) is 14.3. The summed E-state index contributed by atoms with van der Waals surface area (Å²) in [6.45, 7) is 2.24. The minimum absolute atomic E-state index is 0.0279. The van der Waals surface area contributed by atoms with Crippen molar-refractivity contribution >= 4 is 27.5 Å². The molecular formula is C20H23ClN2O3S. The Labute approximate surface area is 165 Å². The molecule has 0 spiro atoms. The lowest BCUT2D eigenvalue weighted by atomic mass is 9.95. The minimum Gasteiger partial charge on any atom is -0.340 e. The topological polar surface area (TPSA) is 57.7 Å². The molecule has 0 saturated carbocycles. The van der Waals surface area contributed by atoms with Crippen LogP contribution in [0.1, 0.15) is 23.6 Å². The van der Waals surface area contributed by atoms with Gasteiger partial charge in [0.15, 0.2) is 0 Å². The number of carbonyl (C=O) groups is 1. The molecule has 0 aromatic heterocycles. The molecule has 1 unspecified atom stereocenters. The van der Waals surface area contributed by atoms with Crippen molar-refractivity contribution in [2.45, 2.75) is 32.5 Å². The highest BCUT2D eigenvalue weighted by molar-refractivity contribution is 7.89. The van der Waals surface area contributed by atoms with Gasteiger partial charge in [-0.05, 0) is 42.2 Å². The smallest absolute Gasteiger partial charge is 0.241 e. The summed E-state index contributed by atoms with van der Waals surface area (Å²) >= 11 is 5.91. The molecule has 1 amide bonds. The van der Waals surface area contributed by atoms with E-state index in [1.54, 1.807) is 31.0 Å². The third-order valence-corrected chi connectivity index (χ3v) is 7.00. The molecule has 2 aromatic rings. The number of benzene rings is 2. The highest BCUT2D eigenvalue weighted by Crippen LogP contribution is 2.27. The van der Waals surface area contributed by atoms with Crippen molar-refractivity contribution in [1.29, 1.82) is 0 Å². The predicted molar refractivity (Wildman–Crippen MR) is 107 cm³/mol. The van der Waals surface area contributed by atoms with E-state index in [0.717, 1.165) is 16.7 Å². The van der Waals surface area contributed by atoms with Crippen LogP contribution in [0.4, 0.5) is 0 Å². The molecule has 1 atom stereocenters. The van der Waals surface area contributed by atoms with Gasteiger partial charge >= 0.3 is 0 Å². The van der Waals surface area contributed by atoms with Gasteiger partial charge < -0.3 is 4.90 Å². The predicted octanol–water partition coefficient (Wildman–Crippen LogP) is 3.08. The molecule has 27 heavy (non-hydrogen) atoms. The molecule has 3 rings (SSSR count). The van der Waals surface area contributed by atoms with E-state index in [2.05, 4.69) is 0 Å². The largest absolute Gasteiger partial charge is 0.340 e. The third-order valence-electron chi connectivity index (χ3n) is 4.92. The van der Waals surface area contributed by atoms with E-state index in [4.69, 9.17) is 11.6 Å². The van der Waals surface area contributed by atoms with Gasteiger partial charge in [0, 0.05) is 25.2 Å². The highest BCUT2D eigenvalue weighted by atomic mass is 35.5. The number of halogens is 1. The molecule has 0 bridgehead atoms. The van der Waals surface area contributed by atoms with Gasteiger partial charge in [-0.1, -0.05) is 48.0 Å². The second-order valence-electron chi connectivity index (χ2n) is 6.76. The number of amides is 1. The van der Waals surface area contributed by atoms with Crippen LogP contribution in [-0.4, -0.2) is 42.4 Å². The maximum Gasteiger partial charge on any atom is 0.241 e. The van der Waals surface area contributed by atoms with Crippen LogP contribution in [-0.2, 0) is 34.3 Å². The van der Waals surface area contributed by atoms with Gasteiger partial charge in [0.2, 0.25) is 15.9 Å². The first-order valence-corrected chi connectivity index (χ1v) is 10.9. The average molecular weight is 407 g/mol. The van der Waals surface area contributed by atoms with Gasteiger partial charge in [-0.2, -0.15) is 4.31 Å². The van der Waals surface area contributed by atoms with Crippen LogP contribution in [0.15, 0.2) is 48.5 Å². The number of hydrogen-bond donors (Lipinski definition) is 0. The van der Waals surface area contributed by atoms with Crippen LogP contribution in [0.2, 0.25) is 5.02 Å². The lowest BCUT2D eigenvalue weighted by Crippen LogP contribution is -2.53. The number of nitrogens with zero attached hydrogens (tertiary/aromatic N) is 2. The maximum atomic E-state index is 13.1. The van der Waals surface area contributed by atoms with Crippen LogP contribution in [0, 0.1) is 0 Å². The van der Waals surface area contributed by atoms with Crippen molar-refractivity contribution in [2.75, 3.05) is 12.8 Å². The first-order chi connectivity index (χ1) is 12.8. The van der Waals surface area contributed by atoms with Gasteiger partial charge in [0.25, 0.3) is 0 Å². The molecule has 0 saturated heterocycles. The Morgan fingerprint density at radius 3 is 2.41 bits per heavy atom. The van der Waals surface area contributed by atoms with Gasteiger partial charge in [0.1, 0.15) is 6.04 Å². The lowest BCUT2D eigenvalue weighted by Gasteiger charge is -2.36. The fourth-order valence-electron chi connectivity index (χ4n) is 3.36. The number of hydrogen-bond acceptors (Lipinski definition) is 3. The molecule has 0 N–H and O–H groups in total. The van der Waals surface area contributed by atoms with Crippen LogP contribution in [0.3, 0.4) is 0 Å². The van der Waals surface area contributed by atoms with Crippen molar-refractivity contribution in [3.05, 3.63) is 70.2 Å². The summed E-state index contributed by atoms with van der Waals surface area (Å²) in [5, 5.41) is 0.636. The van der Waals surface area contributed by atoms with Crippen LogP contribution >= 0.6 is 11.6 Å². The van der Waals surface area contributed by atoms with E-state index in [1.165, 1.54) is 4.31 Å². The molecule has 1 aliphatic rings. The summed E-state index contributed by atoms with van der Waals surface area (Å²) in [7, 11) is -1.80. The Hall–Kier alpha value is -1.89. The van der Waals surface area contributed by atoms with Crippen LogP contribution in [0.5, 0.6) is 0 Å². The summed E-state index contributed by atoms with van der Waals surface area (Å²) < 4.78 is 26.6. The number of carbonyl (C=O) groups excluding carboxylic acids is 1. The molecule has 0 aliphatic carbocycles. The highest BCUT2D eigenvalue weighted by Gasteiger charge is 2.39. The van der Waals surface area contributed by atoms with Crippen molar-refractivity contribution in [2.24, 2.45) is 0 Å². The van der Waals surface area contributed by atoms with E-state index in [-0.39, 0.29) is 18.2 Å². The Kier molecular flexibility index (Phi) is 5.89. The first-order valence-electron chi connectivity index (χ1n) is 8.87. The van der Waals surface area contributed by atoms with E-state index < -0.39 is 16.1 Å². The zero-order chi connectivity index (χ0) is 19.6. The standard InChI is InChI=1S/C20H23ClN2O3S/c1-3-27(25,26)23-14-17-7-5-4-6-16(17)12-19(23)20(24)22(2)13-15-8-10-18(21)11-9-15/h4-11,19H,3,12-14H2,1-2H3. The van der Waals surface area contributed by atoms with Crippen molar-refractivity contribution in [1.82, 2.24) is 9.21 Å². The number of rotatable bonds is 5. The van der Waals surface area contributed by atoms with Crippen molar-refractivity contribution in [3.63, 3.8) is 0 Å². The second-order valence-corrected chi connectivity index (χ2v) is 9.40. The fraction of sp³-hybridized carbons (Fsp3) is 0.350. The van der Waals surface area contributed by atoms with Crippen LogP contribution in [0.25, 0.3) is 0 Å². The normalized spacial score (nSPS) is 17.4. The van der Waals surface area contributed by atoms with Crippen molar-refractivity contribution < 1.29 is 13.2 Å². The molecule has 0 radical (unpaired) electrons. The summed E-state index contributed by atoms with van der Waals surface area (Å²) in [5.41, 5.74) is 2.92. The Balaban J connectivity index is 1.86. The Bertz CT molecular complexity index is 928. The molecule has 7 heteroatoms. The van der Waals surface area contributed by atoms with Gasteiger partial charge in [-0.3, -0.25) is 4.79 Å². The zero-order valence-electron chi connectivity index (χ0n) is 15.4.